The van der Waals surface area contributed by atoms with Crippen LogP contribution in [0.2, 0.25) is 0 Å². The van der Waals surface area contributed by atoms with Crippen molar-refractivity contribution in [3.05, 3.63) is 92.3 Å². The first-order chi connectivity index (χ1) is 15.5. The average Bonchev–Trinajstić information content (AvgIpc) is 3.02. The maximum Gasteiger partial charge on any atom is 0.335 e. The summed E-state index contributed by atoms with van der Waals surface area (Å²) < 4.78 is 6.69. The predicted molar refractivity (Wildman–Crippen MR) is 122 cm³/mol. The lowest BCUT2D eigenvalue weighted by Crippen LogP contribution is -2.37. The summed E-state index contributed by atoms with van der Waals surface area (Å²) in [7, 11) is 1.99. The monoisotopic (exact) mass is 430 g/mol. The lowest BCUT2D eigenvalue weighted by molar-refractivity contribution is 0.0751. The van der Waals surface area contributed by atoms with E-state index < -0.39 is 11.2 Å². The normalized spacial score (nSPS) is 13.8. The number of furan rings is 1. The molecule has 2 aromatic carbocycles. The van der Waals surface area contributed by atoms with Crippen molar-refractivity contribution in [2.24, 2.45) is 0 Å². The number of aryl methyl sites for hydroxylation is 1. The van der Waals surface area contributed by atoms with E-state index >= 15 is 0 Å². The number of carbonyl (C=O) groups excluding carboxylic acids is 1. The van der Waals surface area contributed by atoms with Gasteiger partial charge < -0.3 is 14.2 Å². The quantitative estimate of drug-likeness (QED) is 0.528. The third kappa shape index (κ3) is 3.11. The van der Waals surface area contributed by atoms with Crippen LogP contribution in [0.25, 0.3) is 16.8 Å². The van der Waals surface area contributed by atoms with Crippen LogP contribution in [0.15, 0.2) is 68.6 Å². The molecule has 0 radical (unpaired) electrons. The number of hydrogen-bond donors (Lipinski definition) is 1. The molecule has 8 heteroatoms. The summed E-state index contributed by atoms with van der Waals surface area (Å²) in [5.74, 6) is 0.00422. The van der Waals surface area contributed by atoms with Gasteiger partial charge >= 0.3 is 5.69 Å². The third-order valence-corrected chi connectivity index (χ3v) is 5.91. The molecular weight excluding hydrogens is 408 g/mol. The number of amides is 1. The molecule has 0 unspecified atom stereocenters. The van der Waals surface area contributed by atoms with Gasteiger partial charge in [0, 0.05) is 32.4 Å². The number of para-hydroxylation sites is 2. The molecule has 5 rings (SSSR count). The molecule has 1 aliphatic heterocycles. The van der Waals surface area contributed by atoms with Crippen molar-refractivity contribution in [2.75, 3.05) is 25.0 Å². The van der Waals surface area contributed by atoms with Crippen LogP contribution in [0.1, 0.15) is 21.7 Å². The van der Waals surface area contributed by atoms with Gasteiger partial charge in [0.1, 0.15) is 11.1 Å². The van der Waals surface area contributed by atoms with Crippen LogP contribution in [-0.2, 0) is 6.54 Å². The molecule has 0 saturated heterocycles. The van der Waals surface area contributed by atoms with Crippen LogP contribution >= 0.6 is 0 Å². The van der Waals surface area contributed by atoms with Crippen LogP contribution in [0.5, 0.6) is 0 Å². The van der Waals surface area contributed by atoms with Crippen LogP contribution < -0.4 is 16.1 Å². The number of benzene rings is 2. The summed E-state index contributed by atoms with van der Waals surface area (Å²) in [6.07, 6.45) is 0. The fourth-order valence-electron chi connectivity index (χ4n) is 4.29. The van der Waals surface area contributed by atoms with Crippen LogP contribution in [0, 0.1) is 6.92 Å². The molecule has 0 aliphatic carbocycles. The zero-order valence-corrected chi connectivity index (χ0v) is 17.8. The van der Waals surface area contributed by atoms with E-state index in [-0.39, 0.29) is 22.6 Å². The van der Waals surface area contributed by atoms with Gasteiger partial charge in [-0.3, -0.25) is 14.6 Å². The van der Waals surface area contributed by atoms with Crippen molar-refractivity contribution in [3.63, 3.8) is 0 Å². The summed E-state index contributed by atoms with van der Waals surface area (Å²) >= 11 is 0. The molecule has 0 saturated carbocycles. The standard InChI is InChI=1S/C24H22N4O4/c1-15-19(22(29)27-13-12-26(2)18-11-7-6-8-16(18)14-27)20-21(32-15)25-24(31)28(23(20)30)17-9-4-3-5-10-17/h3-11H,12-14H2,1-2H3,(H,25,31). The molecule has 0 bridgehead atoms. The number of nitrogens with one attached hydrogen (secondary N) is 1. The Balaban J connectivity index is 1.65. The predicted octanol–water partition coefficient (Wildman–Crippen LogP) is 2.67. The Morgan fingerprint density at radius 2 is 1.72 bits per heavy atom. The molecule has 32 heavy (non-hydrogen) atoms. The van der Waals surface area contributed by atoms with Crippen molar-refractivity contribution in [2.45, 2.75) is 13.5 Å². The van der Waals surface area contributed by atoms with Crippen molar-refractivity contribution >= 4 is 22.7 Å². The summed E-state index contributed by atoms with van der Waals surface area (Å²) in [5.41, 5.74) is 1.53. The Hall–Kier alpha value is -4.07. The minimum absolute atomic E-state index is 0.0142. The first kappa shape index (κ1) is 19.9. The fourth-order valence-corrected chi connectivity index (χ4v) is 4.29. The molecular formula is C24H22N4O4. The van der Waals surface area contributed by atoms with Crippen molar-refractivity contribution in [1.29, 1.82) is 0 Å². The van der Waals surface area contributed by atoms with Gasteiger partial charge in [0.2, 0.25) is 5.71 Å². The second-order valence-corrected chi connectivity index (χ2v) is 7.92. The Bertz CT molecular complexity index is 1450. The summed E-state index contributed by atoms with van der Waals surface area (Å²) in [5, 5.41) is 0.0850. The van der Waals surface area contributed by atoms with Gasteiger partial charge in [-0.2, -0.15) is 0 Å². The smallest absolute Gasteiger partial charge is 0.335 e. The van der Waals surface area contributed by atoms with Gasteiger partial charge in [0.15, 0.2) is 0 Å². The van der Waals surface area contributed by atoms with Crippen molar-refractivity contribution in [1.82, 2.24) is 14.5 Å². The lowest BCUT2D eigenvalue weighted by atomic mass is 10.1. The minimum atomic E-state index is -0.619. The van der Waals surface area contributed by atoms with E-state index in [1.165, 1.54) is 0 Å². The molecule has 1 aliphatic rings. The molecule has 162 valence electrons. The number of carbonyl (C=O) groups is 1. The van der Waals surface area contributed by atoms with Crippen LogP contribution in [0.4, 0.5) is 5.69 Å². The average molecular weight is 430 g/mol. The van der Waals surface area contributed by atoms with Crippen LogP contribution in [-0.4, -0.2) is 40.5 Å². The molecule has 3 heterocycles. The first-order valence-corrected chi connectivity index (χ1v) is 10.4. The Labute approximate surface area is 183 Å². The largest absolute Gasteiger partial charge is 0.444 e. The number of hydrogen-bond acceptors (Lipinski definition) is 5. The topological polar surface area (TPSA) is 91.5 Å². The van der Waals surface area contributed by atoms with Crippen molar-refractivity contribution in [3.8, 4) is 5.69 Å². The highest BCUT2D eigenvalue weighted by molar-refractivity contribution is 6.06. The molecule has 0 spiro atoms. The number of anilines is 1. The molecule has 1 N–H and O–H groups in total. The highest BCUT2D eigenvalue weighted by Crippen LogP contribution is 2.27. The van der Waals surface area contributed by atoms with E-state index in [0.717, 1.165) is 15.8 Å². The van der Waals surface area contributed by atoms with Gasteiger partial charge in [-0.1, -0.05) is 36.4 Å². The highest BCUT2D eigenvalue weighted by atomic mass is 16.3. The molecule has 4 aromatic rings. The van der Waals surface area contributed by atoms with E-state index in [2.05, 4.69) is 9.88 Å². The summed E-state index contributed by atoms with van der Waals surface area (Å²) in [4.78, 5) is 46.1. The lowest BCUT2D eigenvalue weighted by Gasteiger charge is -2.21. The second-order valence-electron chi connectivity index (χ2n) is 7.92. The number of fused-ring (bicyclic) bond motifs is 2. The Kier molecular flexibility index (Phi) is 4.70. The number of rotatable bonds is 2. The molecule has 8 nitrogen and oxygen atoms in total. The zero-order valence-electron chi connectivity index (χ0n) is 17.8. The summed E-state index contributed by atoms with van der Waals surface area (Å²) in [6, 6.07) is 16.6. The van der Waals surface area contributed by atoms with Gasteiger partial charge in [0.05, 0.1) is 11.3 Å². The van der Waals surface area contributed by atoms with E-state index in [1.807, 2.05) is 31.3 Å². The zero-order chi connectivity index (χ0) is 22.4. The first-order valence-electron chi connectivity index (χ1n) is 10.4. The third-order valence-electron chi connectivity index (χ3n) is 5.91. The van der Waals surface area contributed by atoms with Gasteiger partial charge in [0.25, 0.3) is 11.5 Å². The van der Waals surface area contributed by atoms with E-state index in [9.17, 15) is 14.4 Å². The number of likely N-dealkylation sites (N-methyl/N-ethyl adjacent to an activating group) is 1. The molecule has 1 amide bonds. The minimum Gasteiger partial charge on any atom is -0.444 e. The van der Waals surface area contributed by atoms with Gasteiger partial charge in [-0.05, 0) is 30.7 Å². The van der Waals surface area contributed by atoms with Crippen molar-refractivity contribution < 1.29 is 9.21 Å². The number of aromatic amines is 1. The Morgan fingerprint density at radius 3 is 2.50 bits per heavy atom. The highest BCUT2D eigenvalue weighted by Gasteiger charge is 2.29. The van der Waals surface area contributed by atoms with E-state index in [4.69, 9.17) is 4.42 Å². The van der Waals surface area contributed by atoms with Gasteiger partial charge in [-0.15, -0.1) is 0 Å². The fraction of sp³-hybridized carbons (Fsp3) is 0.208. The number of aromatic nitrogens is 2. The molecule has 0 atom stereocenters. The molecule has 2 aromatic heterocycles. The Morgan fingerprint density at radius 1 is 1.00 bits per heavy atom. The van der Waals surface area contributed by atoms with E-state index in [0.29, 0.717) is 31.1 Å². The van der Waals surface area contributed by atoms with Gasteiger partial charge in [-0.25, -0.2) is 9.36 Å². The number of H-pyrrole nitrogens is 1. The second kappa shape index (κ2) is 7.56. The van der Waals surface area contributed by atoms with E-state index in [1.54, 1.807) is 42.2 Å². The maximum atomic E-state index is 13.7. The SMILES string of the molecule is Cc1oc2[nH]c(=O)n(-c3ccccc3)c(=O)c2c1C(=O)N1CCN(C)c2ccccc2C1. The van der Waals surface area contributed by atoms with Crippen LogP contribution in [0.3, 0.4) is 0 Å². The maximum absolute atomic E-state index is 13.7. The molecule has 0 fully saturated rings. The number of nitrogens with zero attached hydrogens (tertiary/aromatic N) is 3. The summed E-state index contributed by atoms with van der Waals surface area (Å²) in [6.45, 7) is 3.20.